The van der Waals surface area contributed by atoms with Crippen LogP contribution in [0, 0.1) is 5.92 Å². The summed E-state index contributed by atoms with van der Waals surface area (Å²) in [5, 5.41) is 3.57. The molecule has 0 saturated heterocycles. The second-order valence-corrected chi connectivity index (χ2v) is 7.43. The first kappa shape index (κ1) is 14.6. The van der Waals surface area contributed by atoms with Crippen LogP contribution in [0.3, 0.4) is 0 Å². The van der Waals surface area contributed by atoms with Gasteiger partial charge in [-0.05, 0) is 55.8 Å². The topological polar surface area (TPSA) is 15.3 Å². The molecule has 0 atom stereocenters. The molecule has 2 nitrogen and oxygen atoms in total. The lowest BCUT2D eigenvalue weighted by molar-refractivity contribution is 0.200. The number of hydrogen-bond acceptors (Lipinski definition) is 2. The number of nitrogens with one attached hydrogen (secondary N) is 1. The molecule has 1 aromatic rings. The molecule has 0 heterocycles. The van der Waals surface area contributed by atoms with Gasteiger partial charge in [0, 0.05) is 30.1 Å². The van der Waals surface area contributed by atoms with Crippen LogP contribution in [-0.4, -0.2) is 24.5 Å². The van der Waals surface area contributed by atoms with Crippen molar-refractivity contribution in [3.63, 3.8) is 0 Å². The fourth-order valence-corrected chi connectivity index (χ4v) is 3.40. The summed E-state index contributed by atoms with van der Waals surface area (Å²) >= 11 is 3.74. The molecular weight excluding hydrogens is 312 g/mol. The lowest BCUT2D eigenvalue weighted by atomic mass is 9.85. The zero-order valence-corrected chi connectivity index (χ0v) is 14.0. The van der Waals surface area contributed by atoms with E-state index >= 15 is 0 Å². The van der Waals surface area contributed by atoms with Gasteiger partial charge in [-0.2, -0.15) is 0 Å². The molecule has 0 unspecified atom stereocenters. The van der Waals surface area contributed by atoms with Gasteiger partial charge < -0.3 is 10.2 Å². The molecule has 2 saturated carbocycles. The van der Waals surface area contributed by atoms with Crippen LogP contribution in [0.2, 0.25) is 0 Å². The highest BCUT2D eigenvalue weighted by atomic mass is 79.9. The monoisotopic (exact) mass is 336 g/mol. The summed E-state index contributed by atoms with van der Waals surface area (Å²) in [6, 6.07) is 7.61. The van der Waals surface area contributed by atoms with E-state index in [1.165, 1.54) is 54.2 Å². The summed E-state index contributed by atoms with van der Waals surface area (Å²) < 4.78 is 1.26. The zero-order valence-electron chi connectivity index (χ0n) is 12.4. The van der Waals surface area contributed by atoms with Crippen molar-refractivity contribution in [2.45, 2.75) is 51.2 Å². The Morgan fingerprint density at radius 2 is 2.05 bits per heavy atom. The highest BCUT2D eigenvalue weighted by Gasteiger charge is 2.20. The molecule has 0 aromatic heterocycles. The minimum atomic E-state index is 0.780. The van der Waals surface area contributed by atoms with Crippen LogP contribution in [0.15, 0.2) is 22.7 Å². The summed E-state index contributed by atoms with van der Waals surface area (Å²) in [5.41, 5.74) is 2.79. The molecule has 0 radical (unpaired) electrons. The van der Waals surface area contributed by atoms with E-state index in [-0.39, 0.29) is 0 Å². The summed E-state index contributed by atoms with van der Waals surface area (Å²) in [6.45, 7) is 3.30. The maximum Gasteiger partial charge on any atom is 0.0242 e. The SMILES string of the molecule is CN(Cc1ccc(CNC2CC2)cc1Br)CC1CCC1. The molecule has 3 rings (SSSR count). The van der Waals surface area contributed by atoms with Crippen molar-refractivity contribution in [2.75, 3.05) is 13.6 Å². The summed E-state index contributed by atoms with van der Waals surface area (Å²) in [5.74, 6) is 0.945. The van der Waals surface area contributed by atoms with Crippen LogP contribution in [-0.2, 0) is 13.1 Å². The molecule has 0 amide bonds. The van der Waals surface area contributed by atoms with Gasteiger partial charge >= 0.3 is 0 Å². The Labute approximate surface area is 131 Å². The quantitative estimate of drug-likeness (QED) is 0.811. The molecule has 3 heteroatoms. The molecular formula is C17H25BrN2. The van der Waals surface area contributed by atoms with Gasteiger partial charge in [0.15, 0.2) is 0 Å². The summed E-state index contributed by atoms with van der Waals surface area (Å²) in [6.07, 6.45) is 7.00. The minimum absolute atomic E-state index is 0.780. The third kappa shape index (κ3) is 4.06. The van der Waals surface area contributed by atoms with Gasteiger partial charge in [-0.25, -0.2) is 0 Å². The molecule has 1 aromatic carbocycles. The smallest absolute Gasteiger partial charge is 0.0242 e. The average Bonchev–Trinajstić information content (AvgIpc) is 3.18. The Hall–Kier alpha value is -0.380. The van der Waals surface area contributed by atoms with Crippen molar-refractivity contribution < 1.29 is 0 Å². The van der Waals surface area contributed by atoms with Gasteiger partial charge in [0.25, 0.3) is 0 Å². The maximum atomic E-state index is 3.74. The molecule has 0 bridgehead atoms. The lowest BCUT2D eigenvalue weighted by Crippen LogP contribution is -2.29. The highest BCUT2D eigenvalue weighted by molar-refractivity contribution is 9.10. The van der Waals surface area contributed by atoms with E-state index in [1.807, 2.05) is 0 Å². The Balaban J connectivity index is 1.52. The van der Waals surface area contributed by atoms with Crippen molar-refractivity contribution in [1.82, 2.24) is 10.2 Å². The van der Waals surface area contributed by atoms with E-state index in [1.54, 1.807) is 0 Å². The molecule has 0 spiro atoms. The average molecular weight is 337 g/mol. The first-order valence-electron chi connectivity index (χ1n) is 7.90. The van der Waals surface area contributed by atoms with Crippen molar-refractivity contribution in [3.05, 3.63) is 33.8 Å². The predicted molar refractivity (Wildman–Crippen MR) is 87.7 cm³/mol. The van der Waals surface area contributed by atoms with Crippen LogP contribution in [0.25, 0.3) is 0 Å². The van der Waals surface area contributed by atoms with Crippen LogP contribution in [0.5, 0.6) is 0 Å². The van der Waals surface area contributed by atoms with Gasteiger partial charge in [-0.15, -0.1) is 0 Å². The Morgan fingerprint density at radius 3 is 2.65 bits per heavy atom. The largest absolute Gasteiger partial charge is 0.310 e. The fraction of sp³-hybridized carbons (Fsp3) is 0.647. The van der Waals surface area contributed by atoms with Crippen LogP contribution in [0.4, 0.5) is 0 Å². The van der Waals surface area contributed by atoms with E-state index in [0.717, 1.165) is 25.0 Å². The third-order valence-corrected chi connectivity index (χ3v) is 5.26. The van der Waals surface area contributed by atoms with Gasteiger partial charge in [0.05, 0.1) is 0 Å². The Kier molecular flexibility index (Phi) is 4.79. The van der Waals surface area contributed by atoms with Gasteiger partial charge in [0.2, 0.25) is 0 Å². The number of halogens is 1. The van der Waals surface area contributed by atoms with Crippen molar-refractivity contribution >= 4 is 15.9 Å². The second kappa shape index (κ2) is 6.59. The highest BCUT2D eigenvalue weighted by Crippen LogP contribution is 2.28. The molecule has 2 fully saturated rings. The summed E-state index contributed by atoms with van der Waals surface area (Å²) in [7, 11) is 2.24. The Morgan fingerprint density at radius 1 is 1.25 bits per heavy atom. The van der Waals surface area contributed by atoms with Crippen molar-refractivity contribution in [1.29, 1.82) is 0 Å². The van der Waals surface area contributed by atoms with E-state index in [4.69, 9.17) is 0 Å². The first-order chi connectivity index (χ1) is 9.70. The molecule has 110 valence electrons. The van der Waals surface area contributed by atoms with E-state index in [2.05, 4.69) is 51.4 Å². The van der Waals surface area contributed by atoms with E-state index in [0.29, 0.717) is 0 Å². The Bertz CT molecular complexity index is 452. The van der Waals surface area contributed by atoms with Crippen LogP contribution in [0.1, 0.15) is 43.2 Å². The normalized spacial score (nSPS) is 19.4. The fourth-order valence-electron chi connectivity index (χ4n) is 2.85. The van der Waals surface area contributed by atoms with E-state index < -0.39 is 0 Å². The van der Waals surface area contributed by atoms with Gasteiger partial charge in [0.1, 0.15) is 0 Å². The molecule has 1 N–H and O–H groups in total. The zero-order chi connectivity index (χ0) is 13.9. The van der Waals surface area contributed by atoms with Crippen molar-refractivity contribution in [3.8, 4) is 0 Å². The van der Waals surface area contributed by atoms with Crippen molar-refractivity contribution in [2.24, 2.45) is 5.92 Å². The maximum absolute atomic E-state index is 3.74. The number of benzene rings is 1. The van der Waals surface area contributed by atoms with Crippen LogP contribution < -0.4 is 5.32 Å². The van der Waals surface area contributed by atoms with E-state index in [9.17, 15) is 0 Å². The predicted octanol–water partition coefficient (Wildman–Crippen LogP) is 3.93. The second-order valence-electron chi connectivity index (χ2n) is 6.57. The first-order valence-corrected chi connectivity index (χ1v) is 8.69. The lowest BCUT2D eigenvalue weighted by Gasteiger charge is -2.30. The van der Waals surface area contributed by atoms with Gasteiger partial charge in [-0.3, -0.25) is 0 Å². The molecule has 2 aliphatic rings. The number of hydrogen-bond donors (Lipinski definition) is 1. The third-order valence-electron chi connectivity index (χ3n) is 4.52. The molecule has 2 aliphatic carbocycles. The number of nitrogens with zero attached hydrogens (tertiary/aromatic N) is 1. The summed E-state index contributed by atoms with van der Waals surface area (Å²) in [4.78, 5) is 2.46. The van der Waals surface area contributed by atoms with Gasteiger partial charge in [-0.1, -0.05) is 34.5 Å². The van der Waals surface area contributed by atoms with Crippen LogP contribution >= 0.6 is 15.9 Å². The molecule has 20 heavy (non-hydrogen) atoms. The number of rotatable bonds is 7. The molecule has 0 aliphatic heterocycles. The minimum Gasteiger partial charge on any atom is -0.310 e. The standard InChI is InChI=1S/C17H25BrN2/c1-20(11-13-3-2-4-13)12-15-6-5-14(9-17(15)18)10-19-16-7-8-16/h5-6,9,13,16,19H,2-4,7-8,10-12H2,1H3.